The average molecular weight is 389 g/mol. The van der Waals surface area contributed by atoms with Crippen molar-refractivity contribution in [2.45, 2.75) is 51.6 Å². The van der Waals surface area contributed by atoms with Gasteiger partial charge in [0.1, 0.15) is 6.04 Å². The van der Waals surface area contributed by atoms with Gasteiger partial charge in [0, 0.05) is 19.0 Å². The van der Waals surface area contributed by atoms with Crippen molar-refractivity contribution in [1.29, 1.82) is 0 Å². The summed E-state index contributed by atoms with van der Waals surface area (Å²) in [7, 11) is 0. The number of carbonyl (C=O) groups is 3. The maximum absolute atomic E-state index is 12.6. The fourth-order valence-corrected chi connectivity index (χ4v) is 3.53. The highest BCUT2D eigenvalue weighted by Gasteiger charge is 2.31. The van der Waals surface area contributed by atoms with Gasteiger partial charge < -0.3 is 21.1 Å². The molecular weight excluding hydrogens is 358 g/mol. The van der Waals surface area contributed by atoms with E-state index < -0.39 is 18.1 Å². The Kier molecular flexibility index (Phi) is 7.99. The molecule has 154 valence electrons. The highest BCUT2D eigenvalue weighted by atomic mass is 16.4. The summed E-state index contributed by atoms with van der Waals surface area (Å²) in [6, 6.07) is 8.17. The molecule has 1 aromatic rings. The van der Waals surface area contributed by atoms with Crippen LogP contribution >= 0.6 is 0 Å². The number of benzene rings is 1. The first-order valence-electron chi connectivity index (χ1n) is 9.89. The number of amides is 2. The quantitative estimate of drug-likeness (QED) is 0.622. The lowest BCUT2D eigenvalue weighted by Crippen LogP contribution is -2.51. The van der Waals surface area contributed by atoms with Crippen LogP contribution in [0.4, 0.5) is 0 Å². The summed E-state index contributed by atoms with van der Waals surface area (Å²) in [5.41, 5.74) is 7.10. The van der Waals surface area contributed by atoms with Crippen LogP contribution in [0.1, 0.15) is 38.7 Å². The number of likely N-dealkylation sites (tertiary alicyclic amines) is 1. The summed E-state index contributed by atoms with van der Waals surface area (Å²) >= 11 is 0. The first-order chi connectivity index (χ1) is 13.3. The molecular formula is C21H31N3O4. The largest absolute Gasteiger partial charge is 0.480 e. The molecule has 1 aliphatic rings. The van der Waals surface area contributed by atoms with Gasteiger partial charge in [0.05, 0.1) is 6.04 Å². The molecule has 1 heterocycles. The third-order valence-corrected chi connectivity index (χ3v) is 5.11. The first-order valence-corrected chi connectivity index (χ1v) is 9.89. The van der Waals surface area contributed by atoms with Crippen molar-refractivity contribution in [3.63, 3.8) is 0 Å². The van der Waals surface area contributed by atoms with Gasteiger partial charge in [-0.25, -0.2) is 4.79 Å². The van der Waals surface area contributed by atoms with Crippen LogP contribution in [-0.2, 0) is 20.8 Å². The summed E-state index contributed by atoms with van der Waals surface area (Å²) in [5.74, 6) is -1.46. The number of hydrogen-bond donors (Lipinski definition) is 3. The van der Waals surface area contributed by atoms with Crippen LogP contribution in [0.15, 0.2) is 30.3 Å². The number of nitrogens with one attached hydrogen (secondary N) is 1. The molecule has 1 fully saturated rings. The summed E-state index contributed by atoms with van der Waals surface area (Å²) in [6.07, 6.45) is 1.91. The lowest BCUT2D eigenvalue weighted by atomic mass is 9.94. The van der Waals surface area contributed by atoms with Crippen LogP contribution in [0.25, 0.3) is 0 Å². The highest BCUT2D eigenvalue weighted by Crippen LogP contribution is 2.19. The van der Waals surface area contributed by atoms with Crippen LogP contribution < -0.4 is 11.1 Å². The van der Waals surface area contributed by atoms with Crippen molar-refractivity contribution < 1.29 is 19.5 Å². The standard InChI is InChI=1S/C21H31N3O4/c1-14(2)12-18(21(27)28)23-19(25)16-8-10-24(11-9-16)20(26)17(22)13-15-6-4-3-5-7-15/h3-7,14,16-18H,8-13,22H2,1-2H3,(H,23,25)(H,27,28). The van der Waals surface area contributed by atoms with Gasteiger partial charge in [-0.15, -0.1) is 0 Å². The lowest BCUT2D eigenvalue weighted by Gasteiger charge is -2.33. The van der Waals surface area contributed by atoms with Gasteiger partial charge in [-0.05, 0) is 37.2 Å². The SMILES string of the molecule is CC(C)CC(NC(=O)C1CCN(C(=O)C(N)Cc2ccccc2)CC1)C(=O)O. The number of piperidine rings is 1. The van der Waals surface area contributed by atoms with Crippen LogP contribution in [0.2, 0.25) is 0 Å². The molecule has 1 aromatic carbocycles. The van der Waals surface area contributed by atoms with E-state index in [-0.39, 0.29) is 23.7 Å². The van der Waals surface area contributed by atoms with Crippen molar-refractivity contribution >= 4 is 17.8 Å². The van der Waals surface area contributed by atoms with Crippen molar-refractivity contribution in [2.24, 2.45) is 17.6 Å². The second-order valence-corrected chi connectivity index (χ2v) is 7.92. The van der Waals surface area contributed by atoms with E-state index in [1.165, 1.54) is 0 Å². The third-order valence-electron chi connectivity index (χ3n) is 5.11. The zero-order chi connectivity index (χ0) is 20.7. The van der Waals surface area contributed by atoms with E-state index in [1.807, 2.05) is 44.2 Å². The minimum atomic E-state index is -1.01. The summed E-state index contributed by atoms with van der Waals surface area (Å²) in [5, 5.41) is 11.9. The molecule has 0 bridgehead atoms. The van der Waals surface area contributed by atoms with Gasteiger partial charge in [-0.1, -0.05) is 44.2 Å². The Morgan fingerprint density at radius 1 is 1.18 bits per heavy atom. The monoisotopic (exact) mass is 389 g/mol. The van der Waals surface area contributed by atoms with Crippen LogP contribution in [0.3, 0.4) is 0 Å². The molecule has 2 atom stereocenters. The molecule has 1 saturated heterocycles. The Balaban J connectivity index is 1.83. The van der Waals surface area contributed by atoms with Crippen molar-refractivity contribution in [3.8, 4) is 0 Å². The molecule has 0 aliphatic carbocycles. The van der Waals surface area contributed by atoms with Crippen LogP contribution in [-0.4, -0.2) is 53.0 Å². The Morgan fingerprint density at radius 2 is 1.79 bits per heavy atom. The number of hydrogen-bond acceptors (Lipinski definition) is 4. The second-order valence-electron chi connectivity index (χ2n) is 7.92. The first kappa shape index (κ1) is 21.9. The van der Waals surface area contributed by atoms with Gasteiger partial charge in [0.25, 0.3) is 0 Å². The van der Waals surface area contributed by atoms with Crippen LogP contribution in [0, 0.1) is 11.8 Å². The van der Waals surface area contributed by atoms with Gasteiger partial charge >= 0.3 is 5.97 Å². The fraction of sp³-hybridized carbons (Fsp3) is 0.571. The summed E-state index contributed by atoms with van der Waals surface area (Å²) < 4.78 is 0. The Morgan fingerprint density at radius 3 is 2.32 bits per heavy atom. The second kappa shape index (κ2) is 10.2. The molecule has 7 heteroatoms. The third kappa shape index (κ3) is 6.34. The van der Waals surface area contributed by atoms with Crippen molar-refractivity contribution in [3.05, 3.63) is 35.9 Å². The Bertz CT molecular complexity index is 669. The number of carboxylic acid groups (broad SMARTS) is 1. The molecule has 2 amide bonds. The van der Waals surface area contributed by atoms with Crippen LogP contribution in [0.5, 0.6) is 0 Å². The zero-order valence-corrected chi connectivity index (χ0v) is 16.6. The molecule has 1 aliphatic heterocycles. The Hall–Kier alpha value is -2.41. The molecule has 0 saturated carbocycles. The van der Waals surface area contributed by atoms with E-state index in [9.17, 15) is 19.5 Å². The maximum Gasteiger partial charge on any atom is 0.326 e. The average Bonchev–Trinajstić information content (AvgIpc) is 2.67. The van der Waals surface area contributed by atoms with E-state index in [1.54, 1.807) is 4.90 Å². The van der Waals surface area contributed by atoms with Gasteiger partial charge in [-0.3, -0.25) is 9.59 Å². The summed E-state index contributed by atoms with van der Waals surface area (Å²) in [6.45, 7) is 4.76. The van der Waals surface area contributed by atoms with Crippen molar-refractivity contribution in [1.82, 2.24) is 10.2 Å². The number of nitrogens with zero attached hydrogens (tertiary/aromatic N) is 1. The molecule has 2 rings (SSSR count). The molecule has 0 radical (unpaired) electrons. The number of carbonyl (C=O) groups excluding carboxylic acids is 2. The maximum atomic E-state index is 12.6. The van der Waals surface area contributed by atoms with E-state index in [0.717, 1.165) is 5.56 Å². The zero-order valence-electron chi connectivity index (χ0n) is 16.6. The van der Waals surface area contributed by atoms with Gasteiger partial charge in [-0.2, -0.15) is 0 Å². The fourth-order valence-electron chi connectivity index (χ4n) is 3.53. The molecule has 2 unspecified atom stereocenters. The molecule has 0 spiro atoms. The normalized spacial score (nSPS) is 17.2. The predicted octanol–water partition coefficient (Wildman–Crippen LogP) is 1.41. The Labute approximate surface area is 166 Å². The summed E-state index contributed by atoms with van der Waals surface area (Å²) in [4.78, 5) is 38.1. The van der Waals surface area contributed by atoms with E-state index in [4.69, 9.17) is 5.73 Å². The highest BCUT2D eigenvalue weighted by molar-refractivity contribution is 5.86. The number of carboxylic acids is 1. The molecule has 7 nitrogen and oxygen atoms in total. The van der Waals surface area contributed by atoms with E-state index in [0.29, 0.717) is 38.8 Å². The topological polar surface area (TPSA) is 113 Å². The van der Waals surface area contributed by atoms with Crippen molar-refractivity contribution in [2.75, 3.05) is 13.1 Å². The molecule has 4 N–H and O–H groups in total. The predicted molar refractivity (Wildman–Crippen MR) is 106 cm³/mol. The minimum Gasteiger partial charge on any atom is -0.480 e. The molecule has 28 heavy (non-hydrogen) atoms. The smallest absolute Gasteiger partial charge is 0.326 e. The van der Waals surface area contributed by atoms with Gasteiger partial charge in [0.2, 0.25) is 11.8 Å². The number of nitrogens with two attached hydrogens (primary N) is 1. The van der Waals surface area contributed by atoms with Gasteiger partial charge in [0.15, 0.2) is 0 Å². The lowest BCUT2D eigenvalue weighted by molar-refractivity contribution is -0.143. The number of aliphatic carboxylic acids is 1. The van der Waals surface area contributed by atoms with E-state index >= 15 is 0 Å². The minimum absolute atomic E-state index is 0.106. The molecule has 0 aromatic heterocycles. The number of rotatable bonds is 8. The van der Waals surface area contributed by atoms with E-state index in [2.05, 4.69) is 5.32 Å².